The van der Waals surface area contributed by atoms with Crippen molar-refractivity contribution in [1.29, 1.82) is 0 Å². The van der Waals surface area contributed by atoms with E-state index in [1.807, 2.05) is 140 Å². The van der Waals surface area contributed by atoms with E-state index in [2.05, 4.69) is 15.9 Å². The Balaban J connectivity index is 1.34. The number of hydrogen-bond acceptors (Lipinski definition) is 9. The summed E-state index contributed by atoms with van der Waals surface area (Å²) in [6.45, 7) is 0. The van der Waals surface area contributed by atoms with Gasteiger partial charge in [0.15, 0.2) is 46.2 Å². The number of halogens is 1. The predicted octanol–water partition coefficient (Wildman–Crippen LogP) is 9.51. The molecular formula is C40H23BrN8O. The average Bonchev–Trinajstić information content (AvgIpc) is 3.56. The molecule has 0 saturated carbocycles. The van der Waals surface area contributed by atoms with Crippen molar-refractivity contribution in [2.24, 2.45) is 0 Å². The van der Waals surface area contributed by atoms with Crippen molar-refractivity contribution in [3.8, 4) is 68.7 Å². The molecule has 0 amide bonds. The Bertz CT molecular complexity index is 2540. The molecule has 9 aromatic rings. The Hall–Kier alpha value is -6.52. The maximum absolute atomic E-state index is 6.46. The molecule has 4 aromatic heterocycles. The predicted molar refractivity (Wildman–Crippen MR) is 196 cm³/mol. The smallest absolute Gasteiger partial charge is 0.201 e. The molecule has 9 nitrogen and oxygen atoms in total. The molecule has 9 rings (SSSR count). The lowest BCUT2D eigenvalue weighted by Crippen LogP contribution is -2.05. The third kappa shape index (κ3) is 5.57. The van der Waals surface area contributed by atoms with Crippen LogP contribution in [0.15, 0.2) is 148 Å². The molecule has 0 spiro atoms. The lowest BCUT2D eigenvalue weighted by molar-refractivity contribution is 0.666. The molecule has 0 aliphatic carbocycles. The maximum Gasteiger partial charge on any atom is 0.201 e. The molecule has 236 valence electrons. The minimum absolute atomic E-state index is 0.273. The first-order valence-electron chi connectivity index (χ1n) is 15.8. The molecule has 10 heteroatoms. The van der Waals surface area contributed by atoms with Crippen molar-refractivity contribution < 1.29 is 4.42 Å². The van der Waals surface area contributed by atoms with Gasteiger partial charge in [0.2, 0.25) is 5.82 Å². The summed E-state index contributed by atoms with van der Waals surface area (Å²) in [4.78, 5) is 39.6. The van der Waals surface area contributed by atoms with Crippen LogP contribution >= 0.6 is 15.9 Å². The van der Waals surface area contributed by atoms with Crippen molar-refractivity contribution in [3.63, 3.8) is 0 Å². The summed E-state index contributed by atoms with van der Waals surface area (Å²) in [5.74, 6) is 2.89. The van der Waals surface area contributed by atoms with E-state index < -0.39 is 0 Å². The van der Waals surface area contributed by atoms with Crippen LogP contribution < -0.4 is 0 Å². The van der Waals surface area contributed by atoms with Gasteiger partial charge in [-0.1, -0.05) is 137 Å². The molecule has 0 fully saturated rings. The highest BCUT2D eigenvalue weighted by molar-refractivity contribution is 9.10. The van der Waals surface area contributed by atoms with Gasteiger partial charge in [0.05, 0.1) is 0 Å². The Labute approximate surface area is 294 Å². The lowest BCUT2D eigenvalue weighted by atomic mass is 10.1. The van der Waals surface area contributed by atoms with Crippen LogP contribution in [0.25, 0.3) is 90.8 Å². The molecule has 5 aromatic carbocycles. The van der Waals surface area contributed by atoms with Gasteiger partial charge < -0.3 is 4.42 Å². The zero-order valence-electron chi connectivity index (χ0n) is 26.1. The van der Waals surface area contributed by atoms with Crippen LogP contribution in [0, 0.1) is 0 Å². The lowest BCUT2D eigenvalue weighted by Gasteiger charge is -2.10. The number of aromatic nitrogens is 8. The van der Waals surface area contributed by atoms with Gasteiger partial charge in [-0.15, -0.1) is 0 Å². The molecular weight excluding hydrogens is 688 g/mol. The van der Waals surface area contributed by atoms with Crippen LogP contribution in [0.3, 0.4) is 0 Å². The van der Waals surface area contributed by atoms with Gasteiger partial charge in [-0.3, -0.25) is 0 Å². The number of nitrogens with zero attached hydrogens (tertiary/aromatic N) is 8. The van der Waals surface area contributed by atoms with E-state index in [9.17, 15) is 0 Å². The van der Waals surface area contributed by atoms with Gasteiger partial charge in [-0.05, 0) is 18.2 Å². The zero-order chi connectivity index (χ0) is 33.4. The topological polar surface area (TPSA) is 116 Å². The van der Waals surface area contributed by atoms with E-state index in [4.69, 9.17) is 44.3 Å². The Morgan fingerprint density at radius 3 is 1.24 bits per heavy atom. The Kier molecular flexibility index (Phi) is 7.40. The van der Waals surface area contributed by atoms with Gasteiger partial charge in [0.1, 0.15) is 11.1 Å². The minimum atomic E-state index is 0.273. The van der Waals surface area contributed by atoms with E-state index in [1.165, 1.54) is 0 Å². The highest BCUT2D eigenvalue weighted by atomic mass is 79.9. The summed E-state index contributed by atoms with van der Waals surface area (Å²) >= 11 is 3.62. The maximum atomic E-state index is 6.46. The third-order valence-corrected chi connectivity index (χ3v) is 8.58. The summed E-state index contributed by atoms with van der Waals surface area (Å²) in [5.41, 5.74) is 5.39. The van der Waals surface area contributed by atoms with E-state index in [-0.39, 0.29) is 5.82 Å². The van der Waals surface area contributed by atoms with Crippen molar-refractivity contribution in [3.05, 3.63) is 144 Å². The summed E-state index contributed by atoms with van der Waals surface area (Å²) in [5, 5.41) is 0.792. The largest absolute Gasteiger partial charge is 0.452 e. The van der Waals surface area contributed by atoms with Crippen LogP contribution in [-0.4, -0.2) is 39.9 Å². The summed E-state index contributed by atoms with van der Waals surface area (Å²) in [6.07, 6.45) is 0. The van der Waals surface area contributed by atoms with E-state index in [1.54, 1.807) is 0 Å². The SMILES string of the molecule is Brc1ccc2oc3c(-c4nc(-c5ccccc5)nc(-c5ccccc5)n4)nc(-c4nc(-c5ccccc5)nc(-c5ccccc5)n4)nc3c2c1. The van der Waals surface area contributed by atoms with Crippen LogP contribution in [0.2, 0.25) is 0 Å². The first-order chi connectivity index (χ1) is 24.7. The fourth-order valence-electron chi connectivity index (χ4n) is 5.69. The summed E-state index contributed by atoms with van der Waals surface area (Å²) in [7, 11) is 0. The van der Waals surface area contributed by atoms with E-state index in [0.29, 0.717) is 57.3 Å². The molecule has 0 aliphatic rings. The van der Waals surface area contributed by atoms with Crippen LogP contribution in [0.1, 0.15) is 0 Å². The second-order valence-electron chi connectivity index (χ2n) is 11.4. The number of hydrogen-bond donors (Lipinski definition) is 0. The first-order valence-corrected chi connectivity index (χ1v) is 16.6. The van der Waals surface area contributed by atoms with Crippen LogP contribution in [0.5, 0.6) is 0 Å². The molecule has 0 radical (unpaired) electrons. The molecule has 0 aliphatic heterocycles. The fourth-order valence-corrected chi connectivity index (χ4v) is 6.05. The van der Waals surface area contributed by atoms with Gasteiger partial charge in [-0.2, -0.15) is 0 Å². The zero-order valence-corrected chi connectivity index (χ0v) is 27.7. The first kappa shape index (κ1) is 29.6. The van der Waals surface area contributed by atoms with Crippen LogP contribution in [0.4, 0.5) is 0 Å². The Morgan fingerprint density at radius 2 is 0.780 bits per heavy atom. The second-order valence-corrected chi connectivity index (χ2v) is 12.3. The Morgan fingerprint density at radius 1 is 0.380 bits per heavy atom. The summed E-state index contributed by atoms with van der Waals surface area (Å²) < 4.78 is 7.34. The molecule has 0 atom stereocenters. The highest BCUT2D eigenvalue weighted by Crippen LogP contribution is 2.36. The van der Waals surface area contributed by atoms with Crippen molar-refractivity contribution >= 4 is 38.0 Å². The van der Waals surface area contributed by atoms with E-state index in [0.717, 1.165) is 32.1 Å². The molecule has 0 saturated heterocycles. The molecule has 4 heterocycles. The standard InChI is InChI=1S/C40H23BrN8O/c41-28-21-22-30-29(23-28)31-33(50-30)32(38-46-34(24-13-5-1-6-14-24)44-35(47-38)25-15-7-2-8-16-25)43-39(42-31)40-48-36(26-17-9-3-10-18-26)45-37(49-40)27-19-11-4-12-20-27/h1-23H. The number of furan rings is 1. The van der Waals surface area contributed by atoms with Gasteiger partial charge in [0.25, 0.3) is 0 Å². The number of rotatable bonds is 6. The molecule has 0 N–H and O–H groups in total. The summed E-state index contributed by atoms with van der Waals surface area (Å²) in [6, 6.07) is 45.0. The molecule has 0 bridgehead atoms. The number of benzene rings is 5. The average molecular weight is 712 g/mol. The minimum Gasteiger partial charge on any atom is -0.452 e. The normalized spacial score (nSPS) is 11.3. The number of fused-ring (bicyclic) bond motifs is 3. The monoisotopic (exact) mass is 710 g/mol. The van der Waals surface area contributed by atoms with Crippen molar-refractivity contribution in [1.82, 2.24) is 39.9 Å². The fraction of sp³-hybridized carbons (Fsp3) is 0. The van der Waals surface area contributed by atoms with Crippen molar-refractivity contribution in [2.45, 2.75) is 0 Å². The molecule has 50 heavy (non-hydrogen) atoms. The third-order valence-electron chi connectivity index (χ3n) is 8.08. The van der Waals surface area contributed by atoms with Crippen LogP contribution in [-0.2, 0) is 0 Å². The van der Waals surface area contributed by atoms with E-state index >= 15 is 0 Å². The van der Waals surface area contributed by atoms with Crippen molar-refractivity contribution in [2.75, 3.05) is 0 Å². The highest BCUT2D eigenvalue weighted by Gasteiger charge is 2.24. The van der Waals surface area contributed by atoms with Gasteiger partial charge in [-0.25, -0.2) is 39.9 Å². The van der Waals surface area contributed by atoms with Gasteiger partial charge in [0, 0.05) is 32.1 Å². The molecule has 0 unspecified atom stereocenters. The second kappa shape index (κ2) is 12.5. The van der Waals surface area contributed by atoms with Gasteiger partial charge >= 0.3 is 0 Å². The quantitative estimate of drug-likeness (QED) is 0.166.